The third kappa shape index (κ3) is 2.70. The fraction of sp³-hybridized carbons (Fsp3) is 0.417. The minimum absolute atomic E-state index is 0.522. The van der Waals surface area contributed by atoms with E-state index in [9.17, 15) is 0 Å². The first kappa shape index (κ1) is 11.8. The molecule has 0 amide bonds. The highest BCUT2D eigenvalue weighted by atomic mass is 32.1. The number of hydrogen-bond acceptors (Lipinski definition) is 4. The molecule has 0 unspecified atom stereocenters. The Morgan fingerprint density at radius 1 is 1.38 bits per heavy atom. The van der Waals surface area contributed by atoms with Gasteiger partial charge < -0.3 is 5.32 Å². The van der Waals surface area contributed by atoms with Crippen LogP contribution in [-0.4, -0.2) is 11.0 Å². The number of hydrogen-bond donors (Lipinski definition) is 1. The lowest BCUT2D eigenvalue weighted by atomic mass is 10.2. The average molecular weight is 252 g/mol. The molecule has 2 aromatic rings. The predicted octanol–water partition coefficient (Wildman–Crippen LogP) is 3.68. The van der Waals surface area contributed by atoms with E-state index in [-0.39, 0.29) is 0 Å². The zero-order chi connectivity index (χ0) is 11.5. The molecule has 2 aromatic heterocycles. The van der Waals surface area contributed by atoms with E-state index in [4.69, 9.17) is 0 Å². The Kier molecular flexibility index (Phi) is 3.74. The Balaban J connectivity index is 2.11. The van der Waals surface area contributed by atoms with Crippen molar-refractivity contribution >= 4 is 22.7 Å². The molecule has 2 heterocycles. The molecular formula is C12H16N2S2. The summed E-state index contributed by atoms with van der Waals surface area (Å²) >= 11 is 3.52. The van der Waals surface area contributed by atoms with Crippen molar-refractivity contribution in [1.82, 2.24) is 10.3 Å². The van der Waals surface area contributed by atoms with Gasteiger partial charge in [0.25, 0.3) is 0 Å². The zero-order valence-corrected chi connectivity index (χ0v) is 11.4. The Morgan fingerprint density at radius 2 is 2.19 bits per heavy atom. The second-order valence-corrected chi connectivity index (χ2v) is 5.99. The molecule has 0 aliphatic carbocycles. The minimum atomic E-state index is 0.522. The molecule has 0 spiro atoms. The number of nitrogens with one attached hydrogen (secondary N) is 1. The van der Waals surface area contributed by atoms with E-state index < -0.39 is 0 Å². The number of nitrogens with zero attached hydrogens (tertiary/aromatic N) is 1. The van der Waals surface area contributed by atoms with Crippen LogP contribution in [0.15, 0.2) is 17.0 Å². The van der Waals surface area contributed by atoms with Gasteiger partial charge in [-0.05, 0) is 17.9 Å². The number of aromatic nitrogens is 1. The molecular weight excluding hydrogens is 236 g/mol. The molecule has 0 radical (unpaired) electrons. The molecule has 2 nitrogen and oxygen atoms in total. The first-order valence-electron chi connectivity index (χ1n) is 5.38. The standard InChI is InChI=1S/C12H16N2S2/c1-8(2)13-4-10-5-14-12(16-10)11-7-15-6-9(11)3/h5-8,13H,4H2,1-3H3. The normalized spacial score (nSPS) is 11.2. The van der Waals surface area contributed by atoms with Crippen molar-refractivity contribution in [3.63, 3.8) is 0 Å². The topological polar surface area (TPSA) is 24.9 Å². The van der Waals surface area contributed by atoms with Gasteiger partial charge in [-0.2, -0.15) is 11.3 Å². The molecule has 0 aliphatic rings. The summed E-state index contributed by atoms with van der Waals surface area (Å²) in [4.78, 5) is 5.78. The van der Waals surface area contributed by atoms with Crippen molar-refractivity contribution in [3.05, 3.63) is 27.4 Å². The van der Waals surface area contributed by atoms with E-state index in [0.29, 0.717) is 6.04 Å². The Labute approximate surface area is 104 Å². The second-order valence-electron chi connectivity index (χ2n) is 4.14. The zero-order valence-electron chi connectivity index (χ0n) is 9.78. The van der Waals surface area contributed by atoms with Crippen LogP contribution in [0.2, 0.25) is 0 Å². The molecule has 4 heteroatoms. The fourth-order valence-electron chi connectivity index (χ4n) is 1.40. The van der Waals surface area contributed by atoms with Crippen molar-refractivity contribution in [2.45, 2.75) is 33.4 Å². The second kappa shape index (κ2) is 5.08. The van der Waals surface area contributed by atoms with E-state index >= 15 is 0 Å². The quantitative estimate of drug-likeness (QED) is 0.898. The van der Waals surface area contributed by atoms with Gasteiger partial charge in [0.2, 0.25) is 0 Å². The minimum Gasteiger partial charge on any atom is -0.310 e. The van der Waals surface area contributed by atoms with E-state index in [0.717, 1.165) is 11.6 Å². The van der Waals surface area contributed by atoms with Gasteiger partial charge in [-0.25, -0.2) is 4.98 Å². The van der Waals surface area contributed by atoms with Gasteiger partial charge in [-0.3, -0.25) is 0 Å². The van der Waals surface area contributed by atoms with Gasteiger partial charge in [-0.1, -0.05) is 13.8 Å². The summed E-state index contributed by atoms with van der Waals surface area (Å²) in [5.41, 5.74) is 2.61. The lowest BCUT2D eigenvalue weighted by Gasteiger charge is -2.04. The van der Waals surface area contributed by atoms with Crippen LogP contribution in [0.1, 0.15) is 24.3 Å². The fourth-order valence-corrected chi connectivity index (χ4v) is 3.25. The van der Waals surface area contributed by atoms with Crippen molar-refractivity contribution in [2.75, 3.05) is 0 Å². The maximum absolute atomic E-state index is 4.48. The first-order chi connectivity index (χ1) is 7.66. The molecule has 2 rings (SSSR count). The Bertz CT molecular complexity index is 457. The van der Waals surface area contributed by atoms with E-state index in [1.807, 2.05) is 6.20 Å². The summed E-state index contributed by atoms with van der Waals surface area (Å²) in [6.07, 6.45) is 1.98. The highest BCUT2D eigenvalue weighted by molar-refractivity contribution is 7.15. The van der Waals surface area contributed by atoms with E-state index in [1.165, 1.54) is 16.0 Å². The van der Waals surface area contributed by atoms with Crippen LogP contribution in [-0.2, 0) is 6.54 Å². The maximum atomic E-state index is 4.48. The monoisotopic (exact) mass is 252 g/mol. The summed E-state index contributed by atoms with van der Waals surface area (Å²) in [6.45, 7) is 7.37. The van der Waals surface area contributed by atoms with Crippen LogP contribution in [0, 0.1) is 6.92 Å². The number of aryl methyl sites for hydroxylation is 1. The third-order valence-electron chi connectivity index (χ3n) is 2.32. The summed E-state index contributed by atoms with van der Waals surface area (Å²) in [6, 6.07) is 0.522. The predicted molar refractivity (Wildman–Crippen MR) is 72.1 cm³/mol. The summed E-state index contributed by atoms with van der Waals surface area (Å²) in [7, 11) is 0. The number of thiophene rings is 1. The van der Waals surface area contributed by atoms with Gasteiger partial charge in [0.1, 0.15) is 5.01 Å². The summed E-state index contributed by atoms with van der Waals surface area (Å²) < 4.78 is 0. The Morgan fingerprint density at radius 3 is 2.81 bits per heavy atom. The maximum Gasteiger partial charge on any atom is 0.124 e. The molecule has 0 atom stereocenters. The number of thiazole rings is 1. The molecule has 0 fully saturated rings. The highest BCUT2D eigenvalue weighted by Gasteiger charge is 2.08. The van der Waals surface area contributed by atoms with E-state index in [2.05, 4.69) is 41.8 Å². The van der Waals surface area contributed by atoms with E-state index in [1.54, 1.807) is 22.7 Å². The van der Waals surface area contributed by atoms with Gasteiger partial charge in [0.15, 0.2) is 0 Å². The van der Waals surface area contributed by atoms with Crippen molar-refractivity contribution in [3.8, 4) is 10.6 Å². The molecule has 16 heavy (non-hydrogen) atoms. The average Bonchev–Trinajstić information content (AvgIpc) is 2.83. The lowest BCUT2D eigenvalue weighted by Crippen LogP contribution is -2.21. The molecule has 0 aromatic carbocycles. The van der Waals surface area contributed by atoms with Crippen LogP contribution in [0.25, 0.3) is 10.6 Å². The molecule has 0 saturated heterocycles. The van der Waals surface area contributed by atoms with Gasteiger partial charge in [-0.15, -0.1) is 11.3 Å². The number of rotatable bonds is 4. The van der Waals surface area contributed by atoms with Gasteiger partial charge >= 0.3 is 0 Å². The van der Waals surface area contributed by atoms with Crippen LogP contribution >= 0.6 is 22.7 Å². The van der Waals surface area contributed by atoms with Crippen LogP contribution in [0.3, 0.4) is 0 Å². The molecule has 0 aliphatic heterocycles. The highest BCUT2D eigenvalue weighted by Crippen LogP contribution is 2.30. The van der Waals surface area contributed by atoms with Crippen molar-refractivity contribution in [2.24, 2.45) is 0 Å². The van der Waals surface area contributed by atoms with Crippen LogP contribution in [0.5, 0.6) is 0 Å². The first-order valence-corrected chi connectivity index (χ1v) is 7.14. The summed E-state index contributed by atoms with van der Waals surface area (Å²) in [5, 5.41) is 8.89. The van der Waals surface area contributed by atoms with Crippen LogP contribution in [0.4, 0.5) is 0 Å². The Hall–Kier alpha value is -0.710. The van der Waals surface area contributed by atoms with Crippen molar-refractivity contribution in [1.29, 1.82) is 0 Å². The molecule has 0 bridgehead atoms. The van der Waals surface area contributed by atoms with Gasteiger partial charge in [0, 0.05) is 34.6 Å². The molecule has 0 saturated carbocycles. The summed E-state index contributed by atoms with van der Waals surface area (Å²) in [5.74, 6) is 0. The SMILES string of the molecule is Cc1cscc1-c1ncc(CNC(C)C)s1. The largest absolute Gasteiger partial charge is 0.310 e. The lowest BCUT2D eigenvalue weighted by molar-refractivity contribution is 0.593. The van der Waals surface area contributed by atoms with Crippen molar-refractivity contribution < 1.29 is 0 Å². The van der Waals surface area contributed by atoms with Crippen LogP contribution < -0.4 is 5.32 Å². The van der Waals surface area contributed by atoms with Gasteiger partial charge in [0.05, 0.1) is 0 Å². The molecule has 1 N–H and O–H groups in total. The third-order valence-corrected chi connectivity index (χ3v) is 4.22. The smallest absolute Gasteiger partial charge is 0.124 e. The molecule has 86 valence electrons.